The molecule has 8 nitrogen and oxygen atoms in total. The van der Waals surface area contributed by atoms with E-state index in [0.29, 0.717) is 13.1 Å². The lowest BCUT2D eigenvalue weighted by Gasteiger charge is -2.39. The zero-order chi connectivity index (χ0) is 26.3. The van der Waals surface area contributed by atoms with Crippen molar-refractivity contribution >= 4 is 64.8 Å². The molecular weight excluding hydrogens is 611 g/mol. The highest BCUT2D eigenvalue weighted by Gasteiger charge is 2.23. The van der Waals surface area contributed by atoms with Crippen LogP contribution in [0, 0.1) is 0 Å². The number of nitrogens with two attached hydrogens (primary N) is 2. The summed E-state index contributed by atoms with van der Waals surface area (Å²) in [6, 6.07) is 6.64. The van der Waals surface area contributed by atoms with Gasteiger partial charge in [0, 0.05) is 31.3 Å². The fourth-order valence-electron chi connectivity index (χ4n) is 5.03. The standard InChI is InChI=1S/C29H51N8.BrH.2ClH/c1-3-5-9-17-34-21-22-35(18-10-6-4-2)28-25-26(13-14-27(28)34)32-33-29-36(19-11-7-15-30)23-24-37(29)20-12-8-16-31;;;/h13-14,23-25H,3-12,15-22,30-31H2,1-2H3;3*1H/q+1;;;. The number of aryl methyl sites for hydroxylation is 2. The smallest absolute Gasteiger partial charge is 0.368 e. The third kappa shape index (κ3) is 11.8. The van der Waals surface area contributed by atoms with E-state index in [1.54, 1.807) is 0 Å². The second-order valence-corrected chi connectivity index (χ2v) is 10.2. The van der Waals surface area contributed by atoms with Gasteiger partial charge in [-0.05, 0) is 69.8 Å². The van der Waals surface area contributed by atoms with Crippen LogP contribution in [0.4, 0.5) is 23.0 Å². The molecule has 230 valence electrons. The van der Waals surface area contributed by atoms with E-state index in [1.165, 1.54) is 49.9 Å². The van der Waals surface area contributed by atoms with Gasteiger partial charge in [0.25, 0.3) is 0 Å². The highest BCUT2D eigenvalue weighted by atomic mass is 79.9. The second-order valence-electron chi connectivity index (χ2n) is 10.2. The summed E-state index contributed by atoms with van der Waals surface area (Å²) in [5.41, 5.74) is 15.0. The van der Waals surface area contributed by atoms with Crippen LogP contribution in [0.2, 0.25) is 0 Å². The average molecular weight is 666 g/mol. The van der Waals surface area contributed by atoms with Crippen molar-refractivity contribution in [1.29, 1.82) is 0 Å². The van der Waals surface area contributed by atoms with E-state index in [1.807, 2.05) is 0 Å². The van der Waals surface area contributed by atoms with E-state index in [4.69, 9.17) is 21.7 Å². The Kier molecular flexibility index (Phi) is 21.5. The van der Waals surface area contributed by atoms with Crippen LogP contribution in [0.3, 0.4) is 0 Å². The number of unbranched alkanes of at least 4 members (excludes halogenated alkanes) is 6. The Morgan fingerprint density at radius 3 is 1.98 bits per heavy atom. The Morgan fingerprint density at radius 2 is 1.35 bits per heavy atom. The van der Waals surface area contributed by atoms with Gasteiger partial charge < -0.3 is 21.3 Å². The predicted molar refractivity (Wildman–Crippen MR) is 180 cm³/mol. The van der Waals surface area contributed by atoms with Gasteiger partial charge in [0.2, 0.25) is 0 Å². The van der Waals surface area contributed by atoms with Crippen LogP contribution >= 0.6 is 41.8 Å². The van der Waals surface area contributed by atoms with Crippen molar-refractivity contribution in [2.45, 2.75) is 91.1 Å². The number of rotatable bonds is 18. The van der Waals surface area contributed by atoms with Crippen LogP contribution in [0.25, 0.3) is 0 Å². The second kappa shape index (κ2) is 22.2. The molecule has 0 spiro atoms. The van der Waals surface area contributed by atoms with Crippen LogP contribution in [-0.4, -0.2) is 43.8 Å². The molecule has 11 heteroatoms. The number of fused-ring (bicyclic) bond motifs is 1. The molecule has 0 aliphatic carbocycles. The molecule has 0 amide bonds. The summed E-state index contributed by atoms with van der Waals surface area (Å²) < 4.78 is 4.40. The lowest BCUT2D eigenvalue weighted by molar-refractivity contribution is -0.684. The van der Waals surface area contributed by atoms with Crippen LogP contribution in [0.1, 0.15) is 78.1 Å². The molecule has 1 aromatic carbocycles. The third-order valence-electron chi connectivity index (χ3n) is 7.24. The van der Waals surface area contributed by atoms with Crippen molar-refractivity contribution in [1.82, 2.24) is 4.57 Å². The summed E-state index contributed by atoms with van der Waals surface area (Å²) in [6.07, 6.45) is 15.9. The Balaban J connectivity index is 0.00000507. The molecule has 40 heavy (non-hydrogen) atoms. The summed E-state index contributed by atoms with van der Waals surface area (Å²) in [4.78, 5) is 5.12. The molecule has 0 bridgehead atoms. The van der Waals surface area contributed by atoms with Crippen molar-refractivity contribution in [3.8, 4) is 0 Å². The van der Waals surface area contributed by atoms with Gasteiger partial charge in [-0.3, -0.25) is 0 Å². The number of imidazole rings is 1. The fraction of sp³-hybridized carbons (Fsp3) is 0.690. The molecule has 2 heterocycles. The molecule has 0 saturated heterocycles. The molecule has 0 radical (unpaired) electrons. The molecule has 1 aliphatic rings. The molecule has 2 aromatic rings. The first-order chi connectivity index (χ1) is 18.2. The first kappa shape index (κ1) is 38.6. The maximum atomic E-state index is 5.72. The monoisotopic (exact) mass is 663 g/mol. The van der Waals surface area contributed by atoms with Gasteiger partial charge in [-0.1, -0.05) is 44.6 Å². The number of nitrogens with zero attached hydrogens (tertiary/aromatic N) is 6. The Hall–Kier alpha value is -1.39. The van der Waals surface area contributed by atoms with Gasteiger partial charge in [-0.25, -0.2) is 9.13 Å². The molecule has 0 atom stereocenters. The minimum atomic E-state index is 0. The van der Waals surface area contributed by atoms with Crippen molar-refractivity contribution < 1.29 is 4.57 Å². The minimum Gasteiger partial charge on any atom is -0.368 e. The Bertz CT molecular complexity index is 929. The number of hydrogen-bond donors (Lipinski definition) is 2. The van der Waals surface area contributed by atoms with Crippen molar-refractivity contribution in [2.75, 3.05) is 49.1 Å². The lowest BCUT2D eigenvalue weighted by atomic mass is 10.1. The van der Waals surface area contributed by atoms with Crippen LogP contribution in [-0.2, 0) is 13.1 Å². The summed E-state index contributed by atoms with van der Waals surface area (Å²) >= 11 is 0. The van der Waals surface area contributed by atoms with Gasteiger partial charge >= 0.3 is 5.95 Å². The molecule has 3 rings (SSSR count). The van der Waals surface area contributed by atoms with E-state index in [2.05, 4.69) is 63.4 Å². The predicted octanol–water partition coefficient (Wildman–Crippen LogP) is 7.10. The first-order valence-corrected chi connectivity index (χ1v) is 14.8. The number of azo groups is 1. The number of hydrogen-bond acceptors (Lipinski definition) is 6. The number of anilines is 2. The molecule has 1 aromatic heterocycles. The molecule has 4 N–H and O–H groups in total. The van der Waals surface area contributed by atoms with Gasteiger partial charge in [0.15, 0.2) is 0 Å². The SMILES string of the molecule is Br.CCCCCN1CCN(CCCCC)c2cc(N=Nc3n(CCCCN)cc[n+]3CCCCN)ccc21.Cl.Cl. The lowest BCUT2D eigenvalue weighted by Crippen LogP contribution is -2.42. The number of halogens is 3. The Labute approximate surface area is 265 Å². The highest BCUT2D eigenvalue weighted by molar-refractivity contribution is 8.93. The third-order valence-corrected chi connectivity index (χ3v) is 7.24. The summed E-state index contributed by atoms with van der Waals surface area (Å²) in [5, 5.41) is 9.53. The molecular formula is C29H54BrCl2N8+. The fourth-order valence-corrected chi connectivity index (χ4v) is 5.03. The van der Waals surface area contributed by atoms with Gasteiger partial charge in [0.05, 0.1) is 36.9 Å². The topological polar surface area (TPSA) is 92.0 Å². The Morgan fingerprint density at radius 1 is 0.750 bits per heavy atom. The quantitative estimate of drug-likeness (QED) is 0.101. The summed E-state index contributed by atoms with van der Waals surface area (Å²) in [5.74, 6) is 0.896. The van der Waals surface area contributed by atoms with Crippen LogP contribution in [0.15, 0.2) is 40.8 Å². The van der Waals surface area contributed by atoms with E-state index in [-0.39, 0.29) is 41.8 Å². The molecule has 0 unspecified atom stereocenters. The summed E-state index contributed by atoms with van der Waals surface area (Å²) in [6.45, 7) is 12.2. The molecule has 1 aliphatic heterocycles. The maximum Gasteiger partial charge on any atom is 0.421 e. The van der Waals surface area contributed by atoms with Crippen LogP contribution < -0.4 is 25.8 Å². The van der Waals surface area contributed by atoms with E-state index in [0.717, 1.165) is 76.6 Å². The molecule has 0 fully saturated rings. The average Bonchev–Trinajstić information content (AvgIpc) is 3.30. The zero-order valence-electron chi connectivity index (χ0n) is 24.7. The first-order valence-electron chi connectivity index (χ1n) is 14.8. The highest BCUT2D eigenvalue weighted by Crippen LogP contribution is 2.37. The van der Waals surface area contributed by atoms with Crippen molar-refractivity contribution in [3.05, 3.63) is 30.6 Å². The minimum absolute atomic E-state index is 0. The van der Waals surface area contributed by atoms with Crippen molar-refractivity contribution in [2.24, 2.45) is 21.7 Å². The van der Waals surface area contributed by atoms with Crippen LogP contribution in [0.5, 0.6) is 0 Å². The van der Waals surface area contributed by atoms with E-state index < -0.39 is 0 Å². The maximum absolute atomic E-state index is 5.72. The number of aromatic nitrogens is 2. The van der Waals surface area contributed by atoms with E-state index in [9.17, 15) is 0 Å². The van der Waals surface area contributed by atoms with Crippen molar-refractivity contribution in [3.63, 3.8) is 0 Å². The zero-order valence-corrected chi connectivity index (χ0v) is 28.0. The van der Waals surface area contributed by atoms with Gasteiger partial charge in [-0.15, -0.1) is 41.8 Å². The normalized spacial score (nSPS) is 12.6. The van der Waals surface area contributed by atoms with Gasteiger partial charge in [0.1, 0.15) is 5.69 Å². The summed E-state index contributed by atoms with van der Waals surface area (Å²) in [7, 11) is 0. The number of benzene rings is 1. The van der Waals surface area contributed by atoms with Gasteiger partial charge in [-0.2, -0.15) is 0 Å². The molecule has 0 saturated carbocycles. The largest absolute Gasteiger partial charge is 0.421 e. The van der Waals surface area contributed by atoms with E-state index >= 15 is 0 Å².